The lowest BCUT2D eigenvalue weighted by atomic mass is 10.2. The van der Waals surface area contributed by atoms with E-state index in [-0.39, 0.29) is 5.91 Å². The maximum absolute atomic E-state index is 12.2. The van der Waals surface area contributed by atoms with Crippen molar-refractivity contribution < 1.29 is 9.53 Å². The van der Waals surface area contributed by atoms with Gasteiger partial charge in [-0.25, -0.2) is 0 Å². The van der Waals surface area contributed by atoms with Gasteiger partial charge in [0, 0.05) is 17.9 Å². The summed E-state index contributed by atoms with van der Waals surface area (Å²) in [7, 11) is 0. The van der Waals surface area contributed by atoms with E-state index in [1.807, 2.05) is 66.7 Å². The Morgan fingerprint density at radius 3 is 2.41 bits per heavy atom. The number of amides is 1. The molecule has 5 heteroatoms. The molecule has 3 aromatic carbocycles. The normalized spacial score (nSPS) is 10.2. The van der Waals surface area contributed by atoms with E-state index in [2.05, 4.69) is 11.4 Å². The molecule has 0 heterocycles. The number of hydrogen-bond acceptors (Lipinski definition) is 4. The van der Waals surface area contributed by atoms with Crippen molar-refractivity contribution in [3.63, 3.8) is 0 Å². The van der Waals surface area contributed by atoms with Crippen molar-refractivity contribution >= 4 is 17.7 Å². The number of nitrogens with zero attached hydrogens (tertiary/aromatic N) is 1. The van der Waals surface area contributed by atoms with Gasteiger partial charge in [-0.15, -0.1) is 11.8 Å². The van der Waals surface area contributed by atoms with Crippen LogP contribution in [0.3, 0.4) is 0 Å². The third kappa shape index (κ3) is 6.70. The van der Waals surface area contributed by atoms with Crippen LogP contribution in [0.25, 0.3) is 0 Å². The molecule has 0 unspecified atom stereocenters. The first-order valence-electron chi connectivity index (χ1n) is 9.33. The van der Waals surface area contributed by atoms with Crippen LogP contribution in [0.5, 0.6) is 5.75 Å². The summed E-state index contributed by atoms with van der Waals surface area (Å²) in [5.74, 6) is 1.88. The summed E-state index contributed by atoms with van der Waals surface area (Å²) in [4.78, 5) is 12.2. The molecule has 4 nitrogen and oxygen atoms in total. The van der Waals surface area contributed by atoms with E-state index in [0.717, 1.165) is 28.2 Å². The van der Waals surface area contributed by atoms with Crippen molar-refractivity contribution in [1.82, 2.24) is 5.32 Å². The molecule has 0 saturated carbocycles. The van der Waals surface area contributed by atoms with Gasteiger partial charge in [0.2, 0.25) is 5.91 Å². The summed E-state index contributed by atoms with van der Waals surface area (Å²) in [5, 5.41) is 11.8. The van der Waals surface area contributed by atoms with Crippen LogP contribution in [0.15, 0.2) is 78.9 Å². The minimum atomic E-state index is -0.0125. The van der Waals surface area contributed by atoms with Gasteiger partial charge in [0.1, 0.15) is 12.4 Å². The van der Waals surface area contributed by atoms with Gasteiger partial charge < -0.3 is 10.1 Å². The lowest BCUT2D eigenvalue weighted by molar-refractivity contribution is -0.118. The molecular formula is C24H22N2O2S. The second kappa shape index (κ2) is 10.9. The molecule has 0 aliphatic heterocycles. The van der Waals surface area contributed by atoms with Crippen molar-refractivity contribution in [2.24, 2.45) is 0 Å². The molecule has 0 fully saturated rings. The number of benzene rings is 3. The monoisotopic (exact) mass is 402 g/mol. The van der Waals surface area contributed by atoms with Crippen molar-refractivity contribution in [2.75, 3.05) is 5.75 Å². The Morgan fingerprint density at radius 2 is 1.66 bits per heavy atom. The van der Waals surface area contributed by atoms with Crippen molar-refractivity contribution in [2.45, 2.75) is 18.9 Å². The number of nitrogens with one attached hydrogen (secondary N) is 1. The van der Waals surface area contributed by atoms with Gasteiger partial charge in [0.15, 0.2) is 0 Å². The lowest BCUT2D eigenvalue weighted by Gasteiger charge is -2.12. The Labute approximate surface area is 175 Å². The van der Waals surface area contributed by atoms with E-state index in [9.17, 15) is 4.79 Å². The fraction of sp³-hybridized carbons (Fsp3) is 0.167. The smallest absolute Gasteiger partial charge is 0.230 e. The SMILES string of the molecule is N#Cc1ccc(CSCC(=O)NCc2ccccc2OCc2ccccc2)cc1. The first-order chi connectivity index (χ1) is 14.2. The molecule has 146 valence electrons. The van der Waals surface area contributed by atoms with E-state index in [1.54, 1.807) is 23.9 Å². The standard InChI is InChI=1S/C24H22N2O2S/c25-14-19-10-12-21(13-11-19)17-29-18-24(27)26-15-22-8-4-5-9-23(22)28-16-20-6-2-1-3-7-20/h1-13H,15-18H2,(H,26,27). The van der Waals surface area contributed by atoms with Gasteiger partial charge in [-0.2, -0.15) is 5.26 Å². The number of para-hydroxylation sites is 1. The topological polar surface area (TPSA) is 62.1 Å². The van der Waals surface area contributed by atoms with E-state index >= 15 is 0 Å². The molecule has 0 spiro atoms. The number of ether oxygens (including phenoxy) is 1. The van der Waals surface area contributed by atoms with Gasteiger partial charge >= 0.3 is 0 Å². The first kappa shape index (κ1) is 20.5. The Hall–Kier alpha value is -3.23. The van der Waals surface area contributed by atoms with Crippen LogP contribution >= 0.6 is 11.8 Å². The van der Waals surface area contributed by atoms with Crippen LogP contribution in [-0.2, 0) is 23.7 Å². The predicted molar refractivity (Wildman–Crippen MR) is 116 cm³/mol. The number of carbonyl (C=O) groups excluding carboxylic acids is 1. The minimum absolute atomic E-state index is 0.0125. The molecule has 0 aliphatic rings. The average molecular weight is 403 g/mol. The highest BCUT2D eigenvalue weighted by Gasteiger charge is 2.07. The first-order valence-corrected chi connectivity index (χ1v) is 10.5. The van der Waals surface area contributed by atoms with Crippen LogP contribution in [0.2, 0.25) is 0 Å². The Morgan fingerprint density at radius 1 is 0.931 bits per heavy atom. The second-order valence-corrected chi connectivity index (χ2v) is 7.45. The van der Waals surface area contributed by atoms with E-state index in [0.29, 0.717) is 24.5 Å². The maximum atomic E-state index is 12.2. The zero-order chi connectivity index (χ0) is 20.3. The van der Waals surface area contributed by atoms with E-state index in [1.165, 1.54) is 0 Å². The van der Waals surface area contributed by atoms with Crippen molar-refractivity contribution in [3.8, 4) is 11.8 Å². The molecule has 1 N–H and O–H groups in total. The Balaban J connectivity index is 1.44. The number of carbonyl (C=O) groups is 1. The summed E-state index contributed by atoms with van der Waals surface area (Å²) < 4.78 is 5.93. The summed E-state index contributed by atoms with van der Waals surface area (Å²) in [6.45, 7) is 0.924. The highest BCUT2D eigenvalue weighted by atomic mass is 32.2. The van der Waals surface area contributed by atoms with Gasteiger partial charge in [0.05, 0.1) is 17.4 Å². The Bertz CT molecular complexity index is 966. The molecule has 3 rings (SSSR count). The lowest BCUT2D eigenvalue weighted by Crippen LogP contribution is -2.24. The number of thioether (sulfide) groups is 1. The van der Waals surface area contributed by atoms with Crippen LogP contribution in [0, 0.1) is 11.3 Å². The van der Waals surface area contributed by atoms with Crippen LogP contribution in [-0.4, -0.2) is 11.7 Å². The van der Waals surface area contributed by atoms with Gasteiger partial charge in [0.25, 0.3) is 0 Å². The Kier molecular flexibility index (Phi) is 7.73. The minimum Gasteiger partial charge on any atom is -0.489 e. The highest BCUT2D eigenvalue weighted by molar-refractivity contribution is 7.99. The number of rotatable bonds is 9. The molecule has 29 heavy (non-hydrogen) atoms. The van der Waals surface area contributed by atoms with Gasteiger partial charge in [-0.05, 0) is 29.3 Å². The summed E-state index contributed by atoms with van der Waals surface area (Å²) >= 11 is 1.55. The zero-order valence-electron chi connectivity index (χ0n) is 16.0. The quantitative estimate of drug-likeness (QED) is 0.564. The van der Waals surface area contributed by atoms with E-state index < -0.39 is 0 Å². The average Bonchev–Trinajstić information content (AvgIpc) is 2.78. The molecule has 0 radical (unpaired) electrons. The largest absolute Gasteiger partial charge is 0.489 e. The second-order valence-electron chi connectivity index (χ2n) is 6.46. The summed E-state index contributed by atoms with van der Waals surface area (Å²) in [6, 6.07) is 27.3. The van der Waals surface area contributed by atoms with Crippen LogP contribution in [0.1, 0.15) is 22.3 Å². The zero-order valence-corrected chi connectivity index (χ0v) is 16.8. The van der Waals surface area contributed by atoms with Gasteiger partial charge in [-0.3, -0.25) is 4.79 Å². The molecule has 1 amide bonds. The summed E-state index contributed by atoms with van der Waals surface area (Å²) in [6.07, 6.45) is 0. The van der Waals surface area contributed by atoms with Crippen LogP contribution < -0.4 is 10.1 Å². The predicted octanol–water partition coefficient (Wildman–Crippen LogP) is 4.69. The van der Waals surface area contributed by atoms with Crippen LogP contribution in [0.4, 0.5) is 0 Å². The molecule has 0 bridgehead atoms. The van der Waals surface area contributed by atoms with Crippen molar-refractivity contribution in [1.29, 1.82) is 5.26 Å². The fourth-order valence-corrected chi connectivity index (χ4v) is 3.53. The third-order valence-corrected chi connectivity index (χ3v) is 5.27. The molecule has 3 aromatic rings. The molecule has 0 atom stereocenters. The summed E-state index contributed by atoms with van der Waals surface area (Å²) in [5.41, 5.74) is 3.80. The van der Waals surface area contributed by atoms with Crippen molar-refractivity contribution in [3.05, 3.63) is 101 Å². The number of hydrogen-bond donors (Lipinski definition) is 1. The molecular weight excluding hydrogens is 380 g/mol. The highest BCUT2D eigenvalue weighted by Crippen LogP contribution is 2.19. The maximum Gasteiger partial charge on any atom is 0.230 e. The molecule has 0 saturated heterocycles. The number of nitriles is 1. The molecule has 0 aliphatic carbocycles. The fourth-order valence-electron chi connectivity index (χ4n) is 2.71. The van der Waals surface area contributed by atoms with E-state index in [4.69, 9.17) is 10.00 Å². The van der Waals surface area contributed by atoms with Gasteiger partial charge in [-0.1, -0.05) is 60.7 Å². The molecule has 0 aromatic heterocycles. The third-order valence-electron chi connectivity index (χ3n) is 4.27.